The van der Waals surface area contributed by atoms with Crippen molar-refractivity contribution in [2.45, 2.75) is 71.4 Å². The number of piperidine rings is 1. The first-order valence-electron chi connectivity index (χ1n) is 8.93. The van der Waals surface area contributed by atoms with E-state index in [1.165, 1.54) is 30.4 Å². The lowest BCUT2D eigenvalue weighted by atomic mass is 9.85. The lowest BCUT2D eigenvalue weighted by Gasteiger charge is -2.34. The highest BCUT2D eigenvalue weighted by Crippen LogP contribution is 2.32. The molecular formula is C20H33NO2. The fraction of sp³-hybridized carbons (Fsp3) is 0.700. The summed E-state index contributed by atoms with van der Waals surface area (Å²) < 4.78 is 5.98. The molecule has 3 heteroatoms. The molecule has 23 heavy (non-hydrogen) atoms. The molecule has 0 amide bonds. The highest BCUT2D eigenvalue weighted by Gasteiger charge is 2.22. The maximum Gasteiger partial charge on any atom is 0.123 e. The summed E-state index contributed by atoms with van der Waals surface area (Å²) in [5.41, 5.74) is 2.48. The first-order chi connectivity index (χ1) is 10.8. The molecule has 1 fully saturated rings. The number of aryl methyl sites for hydroxylation is 1. The van der Waals surface area contributed by atoms with Crippen LogP contribution in [0.4, 0.5) is 0 Å². The van der Waals surface area contributed by atoms with Gasteiger partial charge < -0.3 is 9.84 Å². The normalized spacial score (nSPS) is 21.2. The number of nitrogens with zero attached hydrogens (tertiary/aromatic N) is 1. The number of ether oxygens (including phenoxy) is 1. The zero-order valence-corrected chi connectivity index (χ0v) is 15.4. The molecule has 0 aromatic heterocycles. The molecule has 0 bridgehead atoms. The fourth-order valence-corrected chi connectivity index (χ4v) is 3.29. The number of hydrogen-bond donors (Lipinski definition) is 1. The minimum atomic E-state index is -0.440. The number of rotatable bonds is 5. The van der Waals surface area contributed by atoms with Crippen molar-refractivity contribution in [1.29, 1.82) is 0 Å². The van der Waals surface area contributed by atoms with Crippen molar-refractivity contribution in [3.05, 3.63) is 29.3 Å². The highest BCUT2D eigenvalue weighted by molar-refractivity contribution is 5.41. The molecule has 1 saturated heterocycles. The Morgan fingerprint density at radius 2 is 2.04 bits per heavy atom. The number of benzene rings is 1. The van der Waals surface area contributed by atoms with Gasteiger partial charge in [-0.3, -0.25) is 4.90 Å². The van der Waals surface area contributed by atoms with Crippen LogP contribution in [0.1, 0.15) is 58.1 Å². The van der Waals surface area contributed by atoms with Gasteiger partial charge in [0.05, 0.1) is 0 Å². The molecule has 0 unspecified atom stereocenters. The second kappa shape index (κ2) is 7.67. The first kappa shape index (κ1) is 18.3. The van der Waals surface area contributed by atoms with Crippen LogP contribution in [0.2, 0.25) is 0 Å². The van der Waals surface area contributed by atoms with Gasteiger partial charge in [0.1, 0.15) is 18.5 Å². The molecular weight excluding hydrogens is 286 g/mol. The number of aliphatic hydroxyl groups is 1. The number of β-amino-alcohol motifs (C(OH)–C–C–N with tert-alkyl or cyclic N) is 1. The smallest absolute Gasteiger partial charge is 0.123 e. The number of aliphatic hydroxyl groups excluding tert-OH is 1. The van der Waals surface area contributed by atoms with E-state index in [1.807, 2.05) is 6.07 Å². The van der Waals surface area contributed by atoms with Gasteiger partial charge in [0.25, 0.3) is 0 Å². The largest absolute Gasteiger partial charge is 0.491 e. The molecule has 130 valence electrons. The predicted molar refractivity (Wildman–Crippen MR) is 96.3 cm³/mol. The van der Waals surface area contributed by atoms with Crippen LogP contribution >= 0.6 is 0 Å². The third-order valence-corrected chi connectivity index (χ3v) is 4.76. The first-order valence-corrected chi connectivity index (χ1v) is 8.93. The summed E-state index contributed by atoms with van der Waals surface area (Å²) in [4.78, 5) is 2.39. The molecule has 1 aliphatic heterocycles. The van der Waals surface area contributed by atoms with Gasteiger partial charge in [0.2, 0.25) is 0 Å². The Hall–Kier alpha value is -1.06. The average molecular weight is 319 g/mol. The number of hydrogen-bond acceptors (Lipinski definition) is 3. The molecule has 2 atom stereocenters. The lowest BCUT2D eigenvalue weighted by Crippen LogP contribution is -2.43. The summed E-state index contributed by atoms with van der Waals surface area (Å²) in [6.07, 6.45) is 3.34. The molecule has 0 saturated carbocycles. The monoisotopic (exact) mass is 319 g/mol. The van der Waals surface area contributed by atoms with E-state index in [-0.39, 0.29) is 5.41 Å². The van der Waals surface area contributed by atoms with Crippen LogP contribution in [0.25, 0.3) is 0 Å². The molecule has 2 rings (SSSR count). The third kappa shape index (κ3) is 5.22. The van der Waals surface area contributed by atoms with Crippen molar-refractivity contribution < 1.29 is 9.84 Å². The fourth-order valence-electron chi connectivity index (χ4n) is 3.29. The molecule has 1 N–H and O–H groups in total. The van der Waals surface area contributed by atoms with Crippen LogP contribution in [0.15, 0.2) is 18.2 Å². The van der Waals surface area contributed by atoms with Crippen LogP contribution in [0.5, 0.6) is 5.75 Å². The predicted octanol–water partition coefficient (Wildman–Crippen LogP) is 3.91. The Morgan fingerprint density at radius 3 is 2.70 bits per heavy atom. The van der Waals surface area contributed by atoms with E-state index in [1.54, 1.807) is 0 Å². The van der Waals surface area contributed by atoms with Gasteiger partial charge in [-0.05, 0) is 50.3 Å². The topological polar surface area (TPSA) is 32.7 Å². The van der Waals surface area contributed by atoms with Crippen molar-refractivity contribution >= 4 is 0 Å². The van der Waals surface area contributed by atoms with Gasteiger partial charge >= 0.3 is 0 Å². The third-order valence-electron chi connectivity index (χ3n) is 4.76. The molecule has 1 aromatic carbocycles. The summed E-state index contributed by atoms with van der Waals surface area (Å²) in [5.74, 6) is 0.897. The highest BCUT2D eigenvalue weighted by atomic mass is 16.5. The van der Waals surface area contributed by atoms with Crippen LogP contribution in [-0.4, -0.2) is 41.8 Å². The molecule has 0 spiro atoms. The Morgan fingerprint density at radius 1 is 1.30 bits per heavy atom. The van der Waals surface area contributed by atoms with E-state index in [0.29, 0.717) is 19.2 Å². The Kier molecular flexibility index (Phi) is 6.10. The van der Waals surface area contributed by atoms with Crippen LogP contribution in [0, 0.1) is 6.92 Å². The van der Waals surface area contributed by atoms with Gasteiger partial charge in [0, 0.05) is 12.6 Å². The zero-order chi connectivity index (χ0) is 17.0. The van der Waals surface area contributed by atoms with Crippen molar-refractivity contribution in [2.24, 2.45) is 0 Å². The van der Waals surface area contributed by atoms with Crippen molar-refractivity contribution in [3.8, 4) is 5.75 Å². The van der Waals surface area contributed by atoms with Crippen LogP contribution < -0.4 is 4.74 Å². The van der Waals surface area contributed by atoms with Gasteiger partial charge in [-0.2, -0.15) is 0 Å². The second-order valence-electron chi connectivity index (χ2n) is 8.05. The van der Waals surface area contributed by atoms with E-state index >= 15 is 0 Å². The van der Waals surface area contributed by atoms with Gasteiger partial charge in [-0.15, -0.1) is 0 Å². The molecule has 3 nitrogen and oxygen atoms in total. The summed E-state index contributed by atoms with van der Waals surface area (Å²) >= 11 is 0. The molecule has 1 heterocycles. The minimum absolute atomic E-state index is 0.0354. The Labute approximate surface area is 141 Å². The molecule has 0 aliphatic carbocycles. The standard InChI is InChI=1S/C20H33NO2/c1-15-9-10-19(18(12-15)20(3,4)5)23-14-17(22)13-21-11-7-6-8-16(21)2/h9-10,12,16-17,22H,6-8,11,13-14H2,1-5H3/t16-,17+/m1/s1. The lowest BCUT2D eigenvalue weighted by molar-refractivity contribution is 0.0433. The van der Waals surface area contributed by atoms with Crippen molar-refractivity contribution in [3.63, 3.8) is 0 Å². The van der Waals surface area contributed by atoms with E-state index < -0.39 is 6.10 Å². The maximum absolute atomic E-state index is 10.4. The number of likely N-dealkylation sites (tertiary alicyclic amines) is 1. The average Bonchev–Trinajstić information content (AvgIpc) is 2.47. The van der Waals surface area contributed by atoms with E-state index in [0.717, 1.165) is 12.3 Å². The summed E-state index contributed by atoms with van der Waals surface area (Å²) in [7, 11) is 0. The molecule has 0 radical (unpaired) electrons. The zero-order valence-electron chi connectivity index (χ0n) is 15.4. The molecule has 1 aromatic rings. The van der Waals surface area contributed by atoms with Crippen molar-refractivity contribution in [1.82, 2.24) is 4.90 Å². The molecule has 1 aliphatic rings. The Balaban J connectivity index is 1.95. The van der Waals surface area contributed by atoms with Crippen LogP contribution in [0.3, 0.4) is 0 Å². The van der Waals surface area contributed by atoms with E-state index in [9.17, 15) is 5.11 Å². The van der Waals surface area contributed by atoms with Gasteiger partial charge in [-0.1, -0.05) is 44.9 Å². The second-order valence-corrected chi connectivity index (χ2v) is 8.05. The quantitative estimate of drug-likeness (QED) is 0.893. The Bertz CT molecular complexity index is 507. The SMILES string of the molecule is Cc1ccc(OC[C@@H](O)CN2CCCC[C@H]2C)c(C(C)(C)C)c1. The van der Waals surface area contributed by atoms with Gasteiger partial charge in [0.15, 0.2) is 0 Å². The van der Waals surface area contributed by atoms with Crippen molar-refractivity contribution in [2.75, 3.05) is 19.7 Å². The van der Waals surface area contributed by atoms with Crippen LogP contribution in [-0.2, 0) is 5.41 Å². The summed E-state index contributed by atoms with van der Waals surface area (Å²) in [6, 6.07) is 6.87. The summed E-state index contributed by atoms with van der Waals surface area (Å²) in [6.45, 7) is 13.1. The summed E-state index contributed by atoms with van der Waals surface area (Å²) in [5, 5.41) is 10.4. The van der Waals surface area contributed by atoms with E-state index in [2.05, 4.69) is 51.7 Å². The maximum atomic E-state index is 10.4. The minimum Gasteiger partial charge on any atom is -0.491 e. The van der Waals surface area contributed by atoms with E-state index in [4.69, 9.17) is 4.74 Å². The van der Waals surface area contributed by atoms with Gasteiger partial charge in [-0.25, -0.2) is 0 Å².